The quantitative estimate of drug-likeness (QED) is 0.619. The highest BCUT2D eigenvalue weighted by Gasteiger charge is 2.52. The van der Waals surface area contributed by atoms with Crippen molar-refractivity contribution >= 4 is 17.5 Å². The second-order valence-electron chi connectivity index (χ2n) is 9.52. The van der Waals surface area contributed by atoms with Gasteiger partial charge in [0.1, 0.15) is 23.9 Å². The number of nitrogens with one attached hydrogen (secondary N) is 3. The molecule has 7 nitrogen and oxygen atoms in total. The molecule has 0 spiro atoms. The lowest BCUT2D eigenvalue weighted by atomic mass is 9.80. The van der Waals surface area contributed by atoms with Gasteiger partial charge in [-0.1, -0.05) is 25.0 Å². The van der Waals surface area contributed by atoms with Gasteiger partial charge in [-0.15, -0.1) is 0 Å². The van der Waals surface area contributed by atoms with Crippen LogP contribution in [-0.4, -0.2) is 42.7 Å². The average Bonchev–Trinajstić information content (AvgIpc) is 3.17. The van der Waals surface area contributed by atoms with Crippen LogP contribution in [0.2, 0.25) is 0 Å². The number of carbonyl (C=O) groups is 2. The van der Waals surface area contributed by atoms with E-state index in [-0.39, 0.29) is 29.2 Å². The Kier molecular flexibility index (Phi) is 5.09. The molecular formula is C23H27FN4O3. The molecule has 5 rings (SSSR count). The average molecular weight is 426 g/mol. The van der Waals surface area contributed by atoms with Crippen LogP contribution in [0.4, 0.5) is 10.1 Å². The summed E-state index contributed by atoms with van der Waals surface area (Å²) in [5, 5.41) is 18.5. The third kappa shape index (κ3) is 3.87. The van der Waals surface area contributed by atoms with E-state index in [4.69, 9.17) is 4.74 Å². The predicted octanol–water partition coefficient (Wildman–Crippen LogP) is 2.02. The number of fused-ring (bicyclic) bond motifs is 3. The van der Waals surface area contributed by atoms with Crippen LogP contribution in [0, 0.1) is 28.5 Å². The standard InChI is InChI=1S/C23H27FN4O3/c24-16-3-1-2-14-9-18(26-20(14)16)21(29)27-17(8-13-4-5-13)22(30)28-19(11-25)23-7-6-15(10-23)31-12-23/h1-3,13,15,17-19,26H,4-10,12H2,(H,27,29)(H,28,30). The molecular weight excluding hydrogens is 399 g/mol. The lowest BCUT2D eigenvalue weighted by Gasteiger charge is -2.32. The molecule has 5 unspecified atom stereocenters. The first-order valence-corrected chi connectivity index (χ1v) is 11.1. The molecule has 2 aliphatic heterocycles. The molecule has 2 amide bonds. The normalized spacial score (nSPS) is 30.1. The van der Waals surface area contributed by atoms with Crippen molar-refractivity contribution in [2.24, 2.45) is 11.3 Å². The van der Waals surface area contributed by atoms with Crippen LogP contribution in [0.3, 0.4) is 0 Å². The Morgan fingerprint density at radius 2 is 2.16 bits per heavy atom. The van der Waals surface area contributed by atoms with E-state index in [1.54, 1.807) is 12.1 Å². The number of nitriles is 1. The zero-order valence-electron chi connectivity index (χ0n) is 17.3. The molecule has 2 aliphatic carbocycles. The van der Waals surface area contributed by atoms with Gasteiger partial charge in [-0.25, -0.2) is 4.39 Å². The molecule has 4 aliphatic rings. The summed E-state index contributed by atoms with van der Waals surface area (Å²) in [4.78, 5) is 26.0. The van der Waals surface area contributed by atoms with Crippen molar-refractivity contribution in [3.8, 4) is 6.07 Å². The summed E-state index contributed by atoms with van der Waals surface area (Å²) in [6, 6.07) is 5.09. The Bertz CT molecular complexity index is 933. The molecule has 3 fully saturated rings. The maximum Gasteiger partial charge on any atom is 0.243 e. The number of hydrogen-bond acceptors (Lipinski definition) is 5. The fourth-order valence-corrected chi connectivity index (χ4v) is 5.27. The van der Waals surface area contributed by atoms with Gasteiger partial charge in [0.05, 0.1) is 24.5 Å². The maximum absolute atomic E-state index is 14.0. The van der Waals surface area contributed by atoms with Crippen LogP contribution in [0.25, 0.3) is 0 Å². The highest BCUT2D eigenvalue weighted by Crippen LogP contribution is 2.48. The molecule has 164 valence electrons. The Hall–Kier alpha value is -2.66. The third-order valence-electron chi connectivity index (χ3n) is 7.29. The largest absolute Gasteiger partial charge is 0.377 e. The molecule has 2 saturated carbocycles. The Morgan fingerprint density at radius 1 is 1.32 bits per heavy atom. The molecule has 0 aromatic heterocycles. The SMILES string of the molecule is N#CC(NC(=O)C(CC1CC1)NC(=O)C1Cc2cccc(F)c2N1)C12CCC(C1)OC2. The van der Waals surface area contributed by atoms with Gasteiger partial charge in [-0.05, 0) is 43.2 Å². The second kappa shape index (κ2) is 7.79. The number of nitrogens with zero attached hydrogens (tertiary/aromatic N) is 1. The van der Waals surface area contributed by atoms with Crippen LogP contribution in [0.5, 0.6) is 0 Å². The third-order valence-corrected chi connectivity index (χ3v) is 7.29. The van der Waals surface area contributed by atoms with Gasteiger partial charge in [0.15, 0.2) is 0 Å². The Labute approximate surface area is 180 Å². The van der Waals surface area contributed by atoms with Crippen molar-refractivity contribution in [2.45, 2.75) is 69.2 Å². The van der Waals surface area contributed by atoms with Crippen molar-refractivity contribution in [3.63, 3.8) is 0 Å². The van der Waals surface area contributed by atoms with Crippen molar-refractivity contribution in [1.82, 2.24) is 10.6 Å². The van der Waals surface area contributed by atoms with Gasteiger partial charge in [-0.2, -0.15) is 5.26 Å². The van der Waals surface area contributed by atoms with Crippen LogP contribution in [-0.2, 0) is 20.7 Å². The van der Waals surface area contributed by atoms with Crippen LogP contribution in [0.15, 0.2) is 18.2 Å². The van der Waals surface area contributed by atoms with E-state index in [0.29, 0.717) is 31.1 Å². The summed E-state index contributed by atoms with van der Waals surface area (Å²) in [5.74, 6) is -0.622. The topological polar surface area (TPSA) is 103 Å². The number of ether oxygens (including phenoxy) is 1. The first-order valence-electron chi connectivity index (χ1n) is 11.1. The number of amides is 2. The van der Waals surface area contributed by atoms with Crippen LogP contribution >= 0.6 is 0 Å². The summed E-state index contributed by atoms with van der Waals surface area (Å²) in [6.45, 7) is 0.492. The summed E-state index contributed by atoms with van der Waals surface area (Å²) in [5.41, 5.74) is 0.783. The number of carbonyl (C=O) groups excluding carboxylic acids is 2. The predicted molar refractivity (Wildman–Crippen MR) is 110 cm³/mol. The number of benzene rings is 1. The monoisotopic (exact) mass is 426 g/mol. The van der Waals surface area contributed by atoms with Gasteiger partial charge >= 0.3 is 0 Å². The lowest BCUT2D eigenvalue weighted by molar-refractivity contribution is -0.130. The van der Waals surface area contributed by atoms with E-state index >= 15 is 0 Å². The molecule has 2 bridgehead atoms. The Morgan fingerprint density at radius 3 is 2.77 bits per heavy atom. The van der Waals surface area contributed by atoms with E-state index in [2.05, 4.69) is 22.0 Å². The molecule has 2 heterocycles. The highest BCUT2D eigenvalue weighted by atomic mass is 19.1. The van der Waals surface area contributed by atoms with Crippen molar-refractivity contribution < 1.29 is 18.7 Å². The van der Waals surface area contributed by atoms with Crippen molar-refractivity contribution in [1.29, 1.82) is 5.26 Å². The fraction of sp³-hybridized carbons (Fsp3) is 0.609. The van der Waals surface area contributed by atoms with E-state index in [1.807, 2.05) is 0 Å². The van der Waals surface area contributed by atoms with E-state index < -0.39 is 18.1 Å². The number of anilines is 1. The molecule has 31 heavy (non-hydrogen) atoms. The number of para-hydroxylation sites is 1. The fourth-order valence-electron chi connectivity index (χ4n) is 5.27. The van der Waals surface area contributed by atoms with Gasteiger partial charge in [0, 0.05) is 11.8 Å². The lowest BCUT2D eigenvalue weighted by Crippen LogP contribution is -2.55. The summed E-state index contributed by atoms with van der Waals surface area (Å²) >= 11 is 0. The van der Waals surface area contributed by atoms with Crippen molar-refractivity contribution in [2.75, 3.05) is 11.9 Å². The molecule has 1 aromatic rings. The minimum absolute atomic E-state index is 0.185. The molecule has 1 saturated heterocycles. The van der Waals surface area contributed by atoms with Crippen LogP contribution in [0.1, 0.15) is 44.1 Å². The summed E-state index contributed by atoms with van der Waals surface area (Å²) in [6.07, 6.45) is 5.77. The van der Waals surface area contributed by atoms with Gasteiger partial charge in [-0.3, -0.25) is 9.59 Å². The minimum atomic E-state index is -0.706. The van der Waals surface area contributed by atoms with Gasteiger partial charge in [0.2, 0.25) is 11.8 Å². The Balaban J connectivity index is 1.25. The summed E-state index contributed by atoms with van der Waals surface area (Å²) < 4.78 is 19.7. The number of hydrogen-bond donors (Lipinski definition) is 3. The van der Waals surface area contributed by atoms with Gasteiger partial charge < -0.3 is 20.7 Å². The molecule has 0 radical (unpaired) electrons. The van der Waals surface area contributed by atoms with Gasteiger partial charge in [0.25, 0.3) is 0 Å². The number of rotatable bonds is 7. The second-order valence-corrected chi connectivity index (χ2v) is 9.52. The maximum atomic E-state index is 14.0. The first-order chi connectivity index (χ1) is 15.0. The molecule has 3 N–H and O–H groups in total. The van der Waals surface area contributed by atoms with E-state index in [1.165, 1.54) is 6.07 Å². The smallest absolute Gasteiger partial charge is 0.243 e. The molecule has 1 aromatic carbocycles. The van der Waals surface area contributed by atoms with E-state index in [0.717, 1.165) is 37.7 Å². The summed E-state index contributed by atoms with van der Waals surface area (Å²) in [7, 11) is 0. The zero-order valence-corrected chi connectivity index (χ0v) is 17.3. The van der Waals surface area contributed by atoms with E-state index in [9.17, 15) is 19.2 Å². The van der Waals surface area contributed by atoms with Crippen LogP contribution < -0.4 is 16.0 Å². The first kappa shape index (κ1) is 20.3. The highest BCUT2D eigenvalue weighted by molar-refractivity contribution is 5.92. The minimum Gasteiger partial charge on any atom is -0.377 e. The molecule has 5 atom stereocenters. The zero-order chi connectivity index (χ0) is 21.6. The molecule has 8 heteroatoms. The van der Waals surface area contributed by atoms with Crippen molar-refractivity contribution in [3.05, 3.63) is 29.6 Å². The number of halogens is 1.